The lowest BCUT2D eigenvalue weighted by Gasteiger charge is -2.29. The van der Waals surface area contributed by atoms with Gasteiger partial charge in [-0.25, -0.2) is 0 Å². The van der Waals surface area contributed by atoms with Crippen molar-refractivity contribution in [3.63, 3.8) is 0 Å². The molecular formula is C19H32N2. The van der Waals surface area contributed by atoms with Gasteiger partial charge in [0.15, 0.2) is 0 Å². The number of nitrogens with zero attached hydrogens (tertiary/aromatic N) is 1. The Kier molecular flexibility index (Phi) is 6.25. The van der Waals surface area contributed by atoms with Crippen LogP contribution in [-0.4, -0.2) is 30.6 Å². The number of likely N-dealkylation sites (N-methyl/N-ethyl adjacent to an activating group) is 1. The second kappa shape index (κ2) is 7.95. The maximum absolute atomic E-state index is 3.70. The molecule has 1 atom stereocenters. The minimum Gasteiger partial charge on any atom is -0.309 e. The predicted octanol–water partition coefficient (Wildman–Crippen LogP) is 4.16. The molecule has 1 aliphatic rings. The van der Waals surface area contributed by atoms with Crippen molar-refractivity contribution in [3.8, 4) is 0 Å². The van der Waals surface area contributed by atoms with Crippen LogP contribution in [0, 0.1) is 12.8 Å². The Morgan fingerprint density at radius 2 is 1.95 bits per heavy atom. The monoisotopic (exact) mass is 288 g/mol. The third kappa shape index (κ3) is 5.12. The molecule has 2 nitrogen and oxygen atoms in total. The van der Waals surface area contributed by atoms with Crippen LogP contribution < -0.4 is 5.32 Å². The fourth-order valence-corrected chi connectivity index (χ4v) is 3.02. The van der Waals surface area contributed by atoms with Gasteiger partial charge < -0.3 is 5.32 Å². The largest absolute Gasteiger partial charge is 0.309 e. The van der Waals surface area contributed by atoms with Crippen molar-refractivity contribution >= 4 is 0 Å². The van der Waals surface area contributed by atoms with Crippen LogP contribution in [0.4, 0.5) is 0 Å². The van der Waals surface area contributed by atoms with Gasteiger partial charge in [-0.1, -0.05) is 45.0 Å². The van der Waals surface area contributed by atoms with Crippen LogP contribution in [0.5, 0.6) is 0 Å². The van der Waals surface area contributed by atoms with Crippen molar-refractivity contribution < 1.29 is 0 Å². The highest BCUT2D eigenvalue weighted by Crippen LogP contribution is 2.30. The Morgan fingerprint density at radius 3 is 2.52 bits per heavy atom. The number of nitrogens with one attached hydrogen (secondary N) is 1. The summed E-state index contributed by atoms with van der Waals surface area (Å²) < 4.78 is 0. The number of aryl methyl sites for hydroxylation is 1. The summed E-state index contributed by atoms with van der Waals surface area (Å²) in [6.07, 6.45) is 4.10. The molecule has 1 unspecified atom stereocenters. The van der Waals surface area contributed by atoms with Gasteiger partial charge in [0.25, 0.3) is 0 Å². The molecule has 2 heteroatoms. The molecule has 0 saturated heterocycles. The van der Waals surface area contributed by atoms with Gasteiger partial charge in [0, 0.05) is 18.6 Å². The highest BCUT2D eigenvalue weighted by molar-refractivity contribution is 5.29. The molecule has 0 aromatic heterocycles. The first-order valence-corrected chi connectivity index (χ1v) is 8.64. The average molecular weight is 288 g/mol. The lowest BCUT2D eigenvalue weighted by Crippen LogP contribution is -2.37. The van der Waals surface area contributed by atoms with Gasteiger partial charge >= 0.3 is 0 Å². The molecular weight excluding hydrogens is 256 g/mol. The smallest absolute Gasteiger partial charge is 0.0451 e. The predicted molar refractivity (Wildman–Crippen MR) is 91.6 cm³/mol. The minimum atomic E-state index is 0.462. The summed E-state index contributed by atoms with van der Waals surface area (Å²) in [5.74, 6) is 0.794. The first kappa shape index (κ1) is 16.5. The molecule has 21 heavy (non-hydrogen) atoms. The number of hydrogen-bond acceptors (Lipinski definition) is 2. The average Bonchev–Trinajstić information content (AvgIpc) is 3.27. The van der Waals surface area contributed by atoms with Crippen LogP contribution in [0.2, 0.25) is 0 Å². The number of benzene rings is 1. The van der Waals surface area contributed by atoms with Gasteiger partial charge in [0.2, 0.25) is 0 Å². The van der Waals surface area contributed by atoms with Crippen LogP contribution in [0.25, 0.3) is 0 Å². The van der Waals surface area contributed by atoms with Crippen molar-refractivity contribution in [2.45, 2.75) is 59.0 Å². The summed E-state index contributed by atoms with van der Waals surface area (Å²) in [7, 11) is 0. The lowest BCUT2D eigenvalue weighted by molar-refractivity contribution is 0.221. The summed E-state index contributed by atoms with van der Waals surface area (Å²) in [5, 5.41) is 3.70. The Labute approximate surface area is 130 Å². The highest BCUT2D eigenvalue weighted by Gasteiger charge is 2.30. The number of hydrogen-bond donors (Lipinski definition) is 1. The molecule has 0 heterocycles. The summed E-state index contributed by atoms with van der Waals surface area (Å²) in [6, 6.07) is 10.1. The van der Waals surface area contributed by atoms with Gasteiger partial charge in [-0.05, 0) is 56.3 Å². The minimum absolute atomic E-state index is 0.462. The third-order valence-corrected chi connectivity index (χ3v) is 4.49. The highest BCUT2D eigenvalue weighted by atomic mass is 15.2. The maximum atomic E-state index is 3.70. The summed E-state index contributed by atoms with van der Waals surface area (Å²) in [4.78, 5) is 2.72. The first-order valence-electron chi connectivity index (χ1n) is 8.64. The SMILES string of the molecule is CCNC(CN(CCC(C)C)C1CC1)c1ccccc1C. The molecule has 1 fully saturated rings. The van der Waals surface area contributed by atoms with Crippen LogP contribution in [-0.2, 0) is 0 Å². The Morgan fingerprint density at radius 1 is 1.24 bits per heavy atom. The standard InChI is InChI=1S/C19H32N2/c1-5-20-19(18-9-7-6-8-16(18)4)14-21(17-10-11-17)13-12-15(2)3/h6-9,15,17,19-20H,5,10-14H2,1-4H3. The molecule has 0 bridgehead atoms. The molecule has 1 N–H and O–H groups in total. The quantitative estimate of drug-likeness (QED) is 0.734. The molecule has 0 amide bonds. The van der Waals surface area contributed by atoms with E-state index in [9.17, 15) is 0 Å². The fraction of sp³-hybridized carbons (Fsp3) is 0.684. The van der Waals surface area contributed by atoms with E-state index in [0.717, 1.165) is 25.0 Å². The van der Waals surface area contributed by atoms with Crippen molar-refractivity contribution in [1.29, 1.82) is 0 Å². The van der Waals surface area contributed by atoms with Crippen LogP contribution in [0.1, 0.15) is 57.2 Å². The molecule has 0 radical (unpaired) electrons. The second-order valence-electron chi connectivity index (χ2n) is 6.88. The molecule has 0 aliphatic heterocycles. The zero-order valence-electron chi connectivity index (χ0n) is 14.2. The molecule has 2 rings (SSSR count). The van der Waals surface area contributed by atoms with Gasteiger partial charge in [-0.3, -0.25) is 4.90 Å². The van der Waals surface area contributed by atoms with E-state index in [1.807, 2.05) is 0 Å². The zero-order valence-corrected chi connectivity index (χ0v) is 14.2. The maximum Gasteiger partial charge on any atom is 0.0451 e. The van der Waals surface area contributed by atoms with Crippen molar-refractivity contribution in [1.82, 2.24) is 10.2 Å². The molecule has 1 saturated carbocycles. The molecule has 0 spiro atoms. The summed E-state index contributed by atoms with van der Waals surface area (Å²) in [6.45, 7) is 12.5. The summed E-state index contributed by atoms with van der Waals surface area (Å²) >= 11 is 0. The molecule has 1 aliphatic carbocycles. The van der Waals surface area contributed by atoms with E-state index in [-0.39, 0.29) is 0 Å². The van der Waals surface area contributed by atoms with E-state index in [2.05, 4.69) is 62.2 Å². The van der Waals surface area contributed by atoms with Gasteiger partial charge in [0.1, 0.15) is 0 Å². The lowest BCUT2D eigenvalue weighted by atomic mass is 10.00. The topological polar surface area (TPSA) is 15.3 Å². The first-order chi connectivity index (χ1) is 10.1. The van der Waals surface area contributed by atoms with Crippen molar-refractivity contribution in [2.75, 3.05) is 19.6 Å². The van der Waals surface area contributed by atoms with E-state index in [4.69, 9.17) is 0 Å². The number of rotatable bonds is 9. The van der Waals surface area contributed by atoms with Gasteiger partial charge in [0.05, 0.1) is 0 Å². The van der Waals surface area contributed by atoms with Gasteiger partial charge in [-0.15, -0.1) is 0 Å². The third-order valence-electron chi connectivity index (χ3n) is 4.49. The Hall–Kier alpha value is -0.860. The van der Waals surface area contributed by atoms with E-state index >= 15 is 0 Å². The van der Waals surface area contributed by atoms with E-state index in [1.165, 1.54) is 36.9 Å². The van der Waals surface area contributed by atoms with Crippen molar-refractivity contribution in [2.24, 2.45) is 5.92 Å². The second-order valence-corrected chi connectivity index (χ2v) is 6.88. The van der Waals surface area contributed by atoms with E-state index in [0.29, 0.717) is 6.04 Å². The Balaban J connectivity index is 2.04. The van der Waals surface area contributed by atoms with Crippen LogP contribution in [0.15, 0.2) is 24.3 Å². The van der Waals surface area contributed by atoms with E-state index < -0.39 is 0 Å². The fourth-order valence-electron chi connectivity index (χ4n) is 3.02. The summed E-state index contributed by atoms with van der Waals surface area (Å²) in [5.41, 5.74) is 2.87. The molecule has 1 aromatic rings. The zero-order chi connectivity index (χ0) is 15.2. The van der Waals surface area contributed by atoms with E-state index in [1.54, 1.807) is 0 Å². The van der Waals surface area contributed by atoms with Crippen molar-refractivity contribution in [3.05, 3.63) is 35.4 Å². The Bertz CT molecular complexity index is 423. The molecule has 1 aromatic carbocycles. The van der Waals surface area contributed by atoms with Crippen LogP contribution >= 0.6 is 0 Å². The van der Waals surface area contributed by atoms with Gasteiger partial charge in [-0.2, -0.15) is 0 Å². The molecule has 118 valence electrons. The van der Waals surface area contributed by atoms with Crippen LogP contribution in [0.3, 0.4) is 0 Å². The normalized spacial score (nSPS) is 16.7.